The van der Waals surface area contributed by atoms with Gasteiger partial charge in [0.05, 0.1) is 15.5 Å². The molecule has 4 nitrogen and oxygen atoms in total. The summed E-state index contributed by atoms with van der Waals surface area (Å²) in [5, 5.41) is 10.8. The van der Waals surface area contributed by atoms with E-state index in [0.29, 0.717) is 10.9 Å². The van der Waals surface area contributed by atoms with Crippen LogP contribution in [0.3, 0.4) is 0 Å². The normalized spacial score (nSPS) is 11.9. The number of hydrogen-bond acceptors (Lipinski definition) is 3. The van der Waals surface area contributed by atoms with Gasteiger partial charge in [-0.2, -0.15) is 0 Å². The maximum absolute atomic E-state index is 10.8. The summed E-state index contributed by atoms with van der Waals surface area (Å²) in [7, 11) is 0. The summed E-state index contributed by atoms with van der Waals surface area (Å²) >= 11 is 3.24. The van der Waals surface area contributed by atoms with Gasteiger partial charge in [-0.1, -0.05) is 12.1 Å². The summed E-state index contributed by atoms with van der Waals surface area (Å²) < 4.78 is 6.10. The van der Waals surface area contributed by atoms with Gasteiger partial charge in [0, 0.05) is 12.5 Å². The summed E-state index contributed by atoms with van der Waals surface area (Å²) in [5.74, 6) is 0.266. The van der Waals surface area contributed by atoms with Crippen LogP contribution in [0.25, 0.3) is 0 Å². The molecule has 1 unspecified atom stereocenters. The van der Waals surface area contributed by atoms with Crippen LogP contribution in [-0.2, 0) is 0 Å². The minimum Gasteiger partial charge on any atom is -0.483 e. The molecule has 5 heteroatoms. The number of rotatable bonds is 5. The summed E-state index contributed by atoms with van der Waals surface area (Å²) in [6, 6.07) is 4.73. The lowest BCUT2D eigenvalue weighted by Crippen LogP contribution is -2.11. The Balaban J connectivity index is 3.01. The van der Waals surface area contributed by atoms with E-state index in [1.165, 1.54) is 6.07 Å². The van der Waals surface area contributed by atoms with Crippen molar-refractivity contribution in [3.05, 3.63) is 45.4 Å². The molecular formula is C11H12BrNO3. The molecule has 0 N–H and O–H groups in total. The van der Waals surface area contributed by atoms with Gasteiger partial charge in [0.25, 0.3) is 0 Å². The fraction of sp³-hybridized carbons (Fsp3) is 0.273. The molecule has 0 fully saturated rings. The fourth-order valence-electron chi connectivity index (χ4n) is 1.24. The van der Waals surface area contributed by atoms with Gasteiger partial charge in [-0.15, -0.1) is 6.58 Å². The molecule has 86 valence electrons. The monoisotopic (exact) mass is 285 g/mol. The van der Waals surface area contributed by atoms with Crippen LogP contribution < -0.4 is 4.74 Å². The van der Waals surface area contributed by atoms with Crippen LogP contribution in [-0.4, -0.2) is 11.0 Å². The van der Waals surface area contributed by atoms with Crippen molar-refractivity contribution in [1.29, 1.82) is 0 Å². The summed E-state index contributed by atoms with van der Waals surface area (Å²) in [4.78, 5) is 10.3. The SMILES string of the molecule is C=CCC(C)Oc1c(Br)cccc1[N+](=O)[O-]. The molecule has 0 aliphatic rings. The third-order valence-electron chi connectivity index (χ3n) is 1.96. The first-order valence-electron chi connectivity index (χ1n) is 4.76. The van der Waals surface area contributed by atoms with Crippen molar-refractivity contribution >= 4 is 21.6 Å². The molecule has 0 amide bonds. The second-order valence-electron chi connectivity index (χ2n) is 3.30. The van der Waals surface area contributed by atoms with Crippen LogP contribution in [0.15, 0.2) is 35.3 Å². The van der Waals surface area contributed by atoms with E-state index in [4.69, 9.17) is 4.74 Å². The average molecular weight is 286 g/mol. The highest BCUT2D eigenvalue weighted by molar-refractivity contribution is 9.10. The Labute approximate surface area is 102 Å². The van der Waals surface area contributed by atoms with Gasteiger partial charge < -0.3 is 4.74 Å². The number of para-hydroxylation sites is 1. The summed E-state index contributed by atoms with van der Waals surface area (Å²) in [6.45, 7) is 5.43. The van der Waals surface area contributed by atoms with E-state index in [9.17, 15) is 10.1 Å². The van der Waals surface area contributed by atoms with E-state index in [1.54, 1.807) is 18.2 Å². The van der Waals surface area contributed by atoms with Crippen molar-refractivity contribution in [3.63, 3.8) is 0 Å². The first-order chi connectivity index (χ1) is 7.56. The number of hydrogen-bond donors (Lipinski definition) is 0. The predicted octanol–water partition coefficient (Wildman–Crippen LogP) is 3.70. The lowest BCUT2D eigenvalue weighted by Gasteiger charge is -2.13. The standard InChI is InChI=1S/C11H12BrNO3/c1-3-5-8(2)16-11-9(12)6-4-7-10(11)13(14)15/h3-4,6-8H,1,5H2,2H3. The van der Waals surface area contributed by atoms with E-state index in [2.05, 4.69) is 22.5 Å². The molecule has 0 radical (unpaired) electrons. The molecule has 0 aliphatic carbocycles. The van der Waals surface area contributed by atoms with Crippen LogP contribution in [0.5, 0.6) is 5.75 Å². The zero-order valence-electron chi connectivity index (χ0n) is 8.85. The van der Waals surface area contributed by atoms with Gasteiger partial charge in [-0.05, 0) is 28.9 Å². The van der Waals surface area contributed by atoms with E-state index < -0.39 is 4.92 Å². The van der Waals surface area contributed by atoms with Gasteiger partial charge in [0.2, 0.25) is 5.75 Å². The van der Waals surface area contributed by atoms with Gasteiger partial charge in [-0.25, -0.2) is 0 Å². The molecule has 0 spiro atoms. The van der Waals surface area contributed by atoms with Crippen molar-refractivity contribution in [2.75, 3.05) is 0 Å². The maximum atomic E-state index is 10.8. The first kappa shape index (κ1) is 12.7. The molecule has 1 rings (SSSR count). The topological polar surface area (TPSA) is 52.4 Å². The zero-order valence-corrected chi connectivity index (χ0v) is 10.4. The van der Waals surface area contributed by atoms with Crippen molar-refractivity contribution in [2.45, 2.75) is 19.4 Å². The predicted molar refractivity (Wildman–Crippen MR) is 65.7 cm³/mol. The Hall–Kier alpha value is -1.36. The molecule has 0 bridgehead atoms. The Morgan fingerprint density at radius 1 is 1.69 bits per heavy atom. The van der Waals surface area contributed by atoms with Crippen LogP contribution >= 0.6 is 15.9 Å². The van der Waals surface area contributed by atoms with Gasteiger partial charge in [-0.3, -0.25) is 10.1 Å². The smallest absolute Gasteiger partial charge is 0.312 e. The summed E-state index contributed by atoms with van der Waals surface area (Å²) in [5.41, 5.74) is -0.0368. The average Bonchev–Trinajstić information content (AvgIpc) is 2.21. The molecule has 0 aliphatic heterocycles. The fourth-order valence-corrected chi connectivity index (χ4v) is 1.69. The molecule has 1 atom stereocenters. The van der Waals surface area contributed by atoms with Crippen molar-refractivity contribution < 1.29 is 9.66 Å². The molecule has 1 aromatic carbocycles. The number of ether oxygens (including phenoxy) is 1. The van der Waals surface area contributed by atoms with Gasteiger partial charge in [0.15, 0.2) is 0 Å². The minimum absolute atomic E-state index is 0.0368. The van der Waals surface area contributed by atoms with Crippen LogP contribution in [0, 0.1) is 10.1 Å². The van der Waals surface area contributed by atoms with Crippen LogP contribution in [0.2, 0.25) is 0 Å². The molecular weight excluding hydrogens is 274 g/mol. The van der Waals surface area contributed by atoms with E-state index in [1.807, 2.05) is 6.92 Å². The van der Waals surface area contributed by atoms with E-state index in [0.717, 1.165) is 0 Å². The van der Waals surface area contributed by atoms with Crippen molar-refractivity contribution in [1.82, 2.24) is 0 Å². The number of halogens is 1. The number of nitro benzene ring substituents is 1. The van der Waals surface area contributed by atoms with Crippen molar-refractivity contribution in [2.24, 2.45) is 0 Å². The Kier molecular flexibility index (Phi) is 4.49. The molecule has 0 aromatic heterocycles. The van der Waals surface area contributed by atoms with E-state index >= 15 is 0 Å². The first-order valence-corrected chi connectivity index (χ1v) is 5.56. The molecule has 1 aromatic rings. The maximum Gasteiger partial charge on any atom is 0.312 e. The van der Waals surface area contributed by atoms with Gasteiger partial charge in [0.1, 0.15) is 0 Å². The summed E-state index contributed by atoms with van der Waals surface area (Å²) in [6.07, 6.45) is 2.21. The van der Waals surface area contributed by atoms with Gasteiger partial charge >= 0.3 is 5.69 Å². The second-order valence-corrected chi connectivity index (χ2v) is 4.15. The quantitative estimate of drug-likeness (QED) is 0.471. The highest BCUT2D eigenvalue weighted by Gasteiger charge is 2.19. The lowest BCUT2D eigenvalue weighted by molar-refractivity contribution is -0.386. The largest absolute Gasteiger partial charge is 0.483 e. The highest BCUT2D eigenvalue weighted by atomic mass is 79.9. The molecule has 0 saturated carbocycles. The lowest BCUT2D eigenvalue weighted by atomic mass is 10.2. The van der Waals surface area contributed by atoms with Crippen molar-refractivity contribution in [3.8, 4) is 5.75 Å². The minimum atomic E-state index is -0.458. The van der Waals surface area contributed by atoms with Crippen LogP contribution in [0.4, 0.5) is 5.69 Å². The Morgan fingerprint density at radius 2 is 2.38 bits per heavy atom. The van der Waals surface area contributed by atoms with E-state index in [-0.39, 0.29) is 17.5 Å². The number of nitro groups is 1. The molecule has 0 saturated heterocycles. The van der Waals surface area contributed by atoms with Crippen LogP contribution in [0.1, 0.15) is 13.3 Å². The second kappa shape index (κ2) is 5.65. The molecule has 16 heavy (non-hydrogen) atoms. The highest BCUT2D eigenvalue weighted by Crippen LogP contribution is 2.35. The number of benzene rings is 1. The Morgan fingerprint density at radius 3 is 2.94 bits per heavy atom. The third kappa shape index (κ3) is 3.06. The number of nitrogens with zero attached hydrogens (tertiary/aromatic N) is 1. The zero-order chi connectivity index (χ0) is 12.1. The Bertz CT molecular complexity index is 406. The third-order valence-corrected chi connectivity index (χ3v) is 2.58. The molecule has 0 heterocycles.